The van der Waals surface area contributed by atoms with E-state index in [0.717, 1.165) is 11.1 Å². The van der Waals surface area contributed by atoms with Crippen molar-refractivity contribution in [2.75, 3.05) is 19.7 Å². The third-order valence-electron chi connectivity index (χ3n) is 4.60. The predicted octanol–water partition coefficient (Wildman–Crippen LogP) is 1.74. The van der Waals surface area contributed by atoms with Crippen LogP contribution in [0.4, 0.5) is 0 Å². The van der Waals surface area contributed by atoms with Gasteiger partial charge in [0.15, 0.2) is 6.61 Å². The van der Waals surface area contributed by atoms with Crippen molar-refractivity contribution in [1.29, 1.82) is 0 Å². The topological polar surface area (TPSA) is 84.9 Å². The molecular formula is C20H28N2O5. The molecule has 2 unspecified atom stereocenters. The monoisotopic (exact) mass is 376 g/mol. The number of ether oxygens (including phenoxy) is 2. The second kappa shape index (κ2) is 9.39. The number of piperazine rings is 1. The molecule has 1 N–H and O–H groups in total. The van der Waals surface area contributed by atoms with Crippen LogP contribution in [0.5, 0.6) is 5.75 Å². The van der Waals surface area contributed by atoms with Crippen LogP contribution in [0.25, 0.3) is 0 Å². The van der Waals surface area contributed by atoms with Crippen molar-refractivity contribution in [3.63, 3.8) is 0 Å². The number of aryl methyl sites for hydroxylation is 2. The van der Waals surface area contributed by atoms with Crippen molar-refractivity contribution in [2.24, 2.45) is 0 Å². The van der Waals surface area contributed by atoms with Crippen LogP contribution in [0.15, 0.2) is 18.2 Å². The van der Waals surface area contributed by atoms with Crippen LogP contribution in [-0.4, -0.2) is 54.5 Å². The summed E-state index contributed by atoms with van der Waals surface area (Å²) in [6.45, 7) is 8.10. The number of hydrogen-bond donors (Lipinski definition) is 1. The van der Waals surface area contributed by atoms with E-state index in [1.165, 1.54) is 4.90 Å². The third-order valence-corrected chi connectivity index (χ3v) is 4.60. The Balaban J connectivity index is 2.00. The van der Waals surface area contributed by atoms with Gasteiger partial charge in [0.25, 0.3) is 5.91 Å². The van der Waals surface area contributed by atoms with Crippen molar-refractivity contribution in [3.05, 3.63) is 29.3 Å². The number of carbonyl (C=O) groups is 3. The first kappa shape index (κ1) is 20.7. The summed E-state index contributed by atoms with van der Waals surface area (Å²) >= 11 is 0. The Morgan fingerprint density at radius 2 is 2.07 bits per heavy atom. The predicted molar refractivity (Wildman–Crippen MR) is 100 cm³/mol. The molecule has 148 valence electrons. The molecule has 0 spiro atoms. The minimum Gasteiger partial charge on any atom is -0.483 e. The largest absolute Gasteiger partial charge is 0.483 e. The summed E-state index contributed by atoms with van der Waals surface area (Å²) in [4.78, 5) is 38.3. The Kier molecular flexibility index (Phi) is 7.21. The summed E-state index contributed by atoms with van der Waals surface area (Å²) in [6, 6.07) is 4.84. The van der Waals surface area contributed by atoms with Gasteiger partial charge in [-0.1, -0.05) is 24.6 Å². The second-order valence-corrected chi connectivity index (χ2v) is 6.86. The van der Waals surface area contributed by atoms with Gasteiger partial charge in [-0.2, -0.15) is 0 Å². The Labute approximate surface area is 160 Å². The lowest BCUT2D eigenvalue weighted by Crippen LogP contribution is -2.58. The third kappa shape index (κ3) is 5.70. The maximum atomic E-state index is 12.6. The molecule has 1 aliphatic heterocycles. The lowest BCUT2D eigenvalue weighted by molar-refractivity contribution is -0.155. The molecule has 2 atom stereocenters. The maximum absolute atomic E-state index is 12.6. The van der Waals surface area contributed by atoms with E-state index >= 15 is 0 Å². The van der Waals surface area contributed by atoms with Gasteiger partial charge in [0.05, 0.1) is 12.5 Å². The van der Waals surface area contributed by atoms with E-state index in [1.807, 2.05) is 39.0 Å². The highest BCUT2D eigenvalue weighted by Crippen LogP contribution is 2.19. The summed E-state index contributed by atoms with van der Waals surface area (Å²) in [5, 5.41) is 2.70. The molecule has 0 bridgehead atoms. The summed E-state index contributed by atoms with van der Waals surface area (Å²) in [5.74, 6) is -0.531. The average molecular weight is 376 g/mol. The molecule has 1 aromatic rings. The molecular weight excluding hydrogens is 348 g/mol. The van der Waals surface area contributed by atoms with E-state index in [9.17, 15) is 14.4 Å². The van der Waals surface area contributed by atoms with Gasteiger partial charge in [-0.25, -0.2) is 0 Å². The molecule has 0 saturated carbocycles. The van der Waals surface area contributed by atoms with Crippen LogP contribution < -0.4 is 10.1 Å². The molecule has 27 heavy (non-hydrogen) atoms. The fourth-order valence-electron chi connectivity index (χ4n) is 2.91. The highest BCUT2D eigenvalue weighted by atomic mass is 16.5. The Bertz CT molecular complexity index is 704. The van der Waals surface area contributed by atoms with Gasteiger partial charge in [-0.15, -0.1) is 0 Å². The number of amides is 2. The quantitative estimate of drug-likeness (QED) is 0.733. The molecule has 2 amide bonds. The standard InChI is InChI=1S/C20H28N2O5/c1-5-15(4)27-19(24)11-16-20(25)21-8-9-22(16)18(23)12-26-17-7-6-13(2)10-14(17)3/h6-7,10,15-16H,5,8-9,11-12H2,1-4H3,(H,21,25). The van der Waals surface area contributed by atoms with Crippen molar-refractivity contribution in [3.8, 4) is 5.75 Å². The fourth-order valence-corrected chi connectivity index (χ4v) is 2.91. The van der Waals surface area contributed by atoms with Gasteiger partial charge in [0.1, 0.15) is 11.8 Å². The molecule has 1 aliphatic rings. The van der Waals surface area contributed by atoms with Crippen molar-refractivity contribution < 1.29 is 23.9 Å². The lowest BCUT2D eigenvalue weighted by Gasteiger charge is -2.34. The van der Waals surface area contributed by atoms with Crippen molar-refractivity contribution >= 4 is 17.8 Å². The van der Waals surface area contributed by atoms with E-state index in [1.54, 1.807) is 6.92 Å². The van der Waals surface area contributed by atoms with Crippen LogP contribution >= 0.6 is 0 Å². The molecule has 0 aliphatic carbocycles. The van der Waals surface area contributed by atoms with Crippen LogP contribution in [0.2, 0.25) is 0 Å². The SMILES string of the molecule is CCC(C)OC(=O)CC1C(=O)NCCN1C(=O)COc1ccc(C)cc1C. The van der Waals surface area contributed by atoms with E-state index < -0.39 is 12.0 Å². The number of carbonyl (C=O) groups excluding carboxylic acids is 3. The molecule has 1 fully saturated rings. The van der Waals surface area contributed by atoms with E-state index in [-0.39, 0.29) is 30.9 Å². The van der Waals surface area contributed by atoms with Gasteiger partial charge in [0.2, 0.25) is 5.91 Å². The van der Waals surface area contributed by atoms with Crippen LogP contribution in [0, 0.1) is 13.8 Å². The Morgan fingerprint density at radius 1 is 1.33 bits per heavy atom. The Morgan fingerprint density at radius 3 is 2.74 bits per heavy atom. The van der Waals surface area contributed by atoms with Gasteiger partial charge in [-0.05, 0) is 38.8 Å². The molecule has 0 radical (unpaired) electrons. The number of nitrogens with zero attached hydrogens (tertiary/aromatic N) is 1. The first-order chi connectivity index (χ1) is 12.8. The zero-order valence-electron chi connectivity index (χ0n) is 16.4. The van der Waals surface area contributed by atoms with E-state index in [4.69, 9.17) is 9.47 Å². The number of rotatable bonds is 7. The summed E-state index contributed by atoms with van der Waals surface area (Å²) < 4.78 is 10.9. The number of esters is 1. The van der Waals surface area contributed by atoms with E-state index in [0.29, 0.717) is 25.3 Å². The minimum atomic E-state index is -0.870. The van der Waals surface area contributed by atoms with Gasteiger partial charge < -0.3 is 19.7 Å². The second-order valence-electron chi connectivity index (χ2n) is 6.86. The molecule has 2 rings (SSSR count). The number of nitrogens with one attached hydrogen (secondary N) is 1. The molecule has 7 nitrogen and oxygen atoms in total. The molecule has 1 heterocycles. The normalized spacial score (nSPS) is 17.9. The van der Waals surface area contributed by atoms with Gasteiger partial charge >= 0.3 is 5.97 Å². The van der Waals surface area contributed by atoms with Gasteiger partial charge in [0, 0.05) is 13.1 Å². The zero-order chi connectivity index (χ0) is 20.0. The molecule has 0 aromatic heterocycles. The zero-order valence-corrected chi connectivity index (χ0v) is 16.4. The van der Waals surface area contributed by atoms with Crippen LogP contribution in [-0.2, 0) is 19.1 Å². The van der Waals surface area contributed by atoms with Crippen LogP contribution in [0.3, 0.4) is 0 Å². The number of benzene rings is 1. The maximum Gasteiger partial charge on any atom is 0.308 e. The summed E-state index contributed by atoms with van der Waals surface area (Å²) in [7, 11) is 0. The Hall–Kier alpha value is -2.57. The average Bonchev–Trinajstić information content (AvgIpc) is 2.62. The number of hydrogen-bond acceptors (Lipinski definition) is 5. The van der Waals surface area contributed by atoms with E-state index in [2.05, 4.69) is 5.32 Å². The minimum absolute atomic E-state index is 0.161. The molecule has 7 heteroatoms. The highest BCUT2D eigenvalue weighted by molar-refractivity contribution is 5.92. The fraction of sp³-hybridized carbons (Fsp3) is 0.550. The van der Waals surface area contributed by atoms with Crippen molar-refractivity contribution in [1.82, 2.24) is 10.2 Å². The first-order valence-electron chi connectivity index (χ1n) is 9.28. The molecule has 1 aromatic carbocycles. The van der Waals surface area contributed by atoms with Crippen LogP contribution in [0.1, 0.15) is 37.8 Å². The molecule has 1 saturated heterocycles. The lowest BCUT2D eigenvalue weighted by atomic mass is 10.1. The van der Waals surface area contributed by atoms with Crippen molar-refractivity contribution in [2.45, 2.75) is 52.7 Å². The van der Waals surface area contributed by atoms with Gasteiger partial charge in [-0.3, -0.25) is 14.4 Å². The highest BCUT2D eigenvalue weighted by Gasteiger charge is 2.35. The summed E-state index contributed by atoms with van der Waals surface area (Å²) in [5.41, 5.74) is 2.05. The summed E-state index contributed by atoms with van der Waals surface area (Å²) in [6.07, 6.45) is 0.307. The first-order valence-corrected chi connectivity index (χ1v) is 9.28. The smallest absolute Gasteiger partial charge is 0.308 e.